The van der Waals surface area contributed by atoms with Crippen LogP contribution in [0.1, 0.15) is 31.4 Å². The zero-order valence-corrected chi connectivity index (χ0v) is 12.6. The number of nitrogens with zero attached hydrogens (tertiary/aromatic N) is 3. The summed E-state index contributed by atoms with van der Waals surface area (Å²) in [5, 5.41) is 0. The maximum atomic E-state index is 5.53. The first-order valence-electron chi connectivity index (χ1n) is 6.88. The van der Waals surface area contributed by atoms with Gasteiger partial charge in [0.2, 0.25) is 0 Å². The lowest BCUT2D eigenvalue weighted by molar-refractivity contribution is 0.169. The van der Waals surface area contributed by atoms with E-state index in [1.54, 1.807) is 11.8 Å². The van der Waals surface area contributed by atoms with Gasteiger partial charge >= 0.3 is 0 Å². The Labute approximate surface area is 124 Å². The first-order valence-corrected chi connectivity index (χ1v) is 8.28. The minimum atomic E-state index is 0.673. The van der Waals surface area contributed by atoms with Crippen LogP contribution in [0.25, 0.3) is 0 Å². The van der Waals surface area contributed by atoms with Gasteiger partial charge in [0, 0.05) is 18.8 Å². The Hall–Kier alpha value is -0.650. The van der Waals surface area contributed by atoms with Gasteiger partial charge in [0.25, 0.3) is 0 Å². The zero-order chi connectivity index (χ0) is 13.1. The van der Waals surface area contributed by atoms with Crippen LogP contribution >= 0.6 is 24.0 Å². The molecule has 1 aromatic rings. The van der Waals surface area contributed by atoms with Crippen LogP contribution in [0.4, 0.5) is 0 Å². The van der Waals surface area contributed by atoms with Gasteiger partial charge in [0.1, 0.15) is 4.32 Å². The summed E-state index contributed by atoms with van der Waals surface area (Å²) >= 11 is 7.32. The summed E-state index contributed by atoms with van der Waals surface area (Å²) in [6.45, 7) is 1.88. The fourth-order valence-electron chi connectivity index (χ4n) is 2.84. The fourth-order valence-corrected chi connectivity index (χ4v) is 4.04. The SMILES string of the molecule is S=C1SCN(Cc2ccccn2)CN1C1CCCC1. The van der Waals surface area contributed by atoms with Crippen LogP contribution in [0.2, 0.25) is 0 Å². The van der Waals surface area contributed by atoms with Crippen molar-refractivity contribution in [1.82, 2.24) is 14.8 Å². The van der Waals surface area contributed by atoms with Gasteiger partial charge in [-0.25, -0.2) is 0 Å². The number of hydrogen-bond acceptors (Lipinski definition) is 4. The van der Waals surface area contributed by atoms with Crippen molar-refractivity contribution in [3.8, 4) is 0 Å². The molecular formula is C14H19N3S2. The minimum Gasteiger partial charge on any atom is -0.341 e. The third-order valence-corrected chi connectivity index (χ3v) is 5.40. The van der Waals surface area contributed by atoms with E-state index in [4.69, 9.17) is 12.2 Å². The predicted molar refractivity (Wildman–Crippen MR) is 83.8 cm³/mol. The van der Waals surface area contributed by atoms with E-state index < -0.39 is 0 Å². The normalized spacial score (nSPS) is 22.1. The molecule has 0 atom stereocenters. The van der Waals surface area contributed by atoms with Gasteiger partial charge in [-0.15, -0.1) is 0 Å². The maximum absolute atomic E-state index is 5.53. The predicted octanol–water partition coefficient (Wildman–Crippen LogP) is 3.07. The Morgan fingerprint density at radius 3 is 2.89 bits per heavy atom. The highest BCUT2D eigenvalue weighted by Crippen LogP contribution is 2.29. The molecule has 2 aliphatic rings. The van der Waals surface area contributed by atoms with Crippen LogP contribution < -0.4 is 0 Å². The molecule has 2 fully saturated rings. The number of rotatable bonds is 3. The van der Waals surface area contributed by atoms with Crippen molar-refractivity contribution in [3.63, 3.8) is 0 Å². The van der Waals surface area contributed by atoms with Gasteiger partial charge in [0.05, 0.1) is 18.2 Å². The smallest absolute Gasteiger partial charge is 0.138 e. The molecule has 1 saturated heterocycles. The molecule has 0 amide bonds. The molecule has 1 saturated carbocycles. The van der Waals surface area contributed by atoms with Crippen molar-refractivity contribution >= 4 is 28.3 Å². The molecule has 0 unspecified atom stereocenters. The highest BCUT2D eigenvalue weighted by molar-refractivity contribution is 8.22. The lowest BCUT2D eigenvalue weighted by atomic mass is 10.2. The molecule has 102 valence electrons. The van der Waals surface area contributed by atoms with E-state index in [2.05, 4.69) is 26.9 Å². The summed E-state index contributed by atoms with van der Waals surface area (Å²) in [6, 6.07) is 6.79. The number of thioether (sulfide) groups is 1. The van der Waals surface area contributed by atoms with Crippen LogP contribution in [0, 0.1) is 0 Å². The number of thiocarbonyl (C=S) groups is 1. The Morgan fingerprint density at radius 2 is 2.16 bits per heavy atom. The fraction of sp³-hybridized carbons (Fsp3) is 0.571. The Morgan fingerprint density at radius 1 is 1.32 bits per heavy atom. The second-order valence-electron chi connectivity index (χ2n) is 5.24. The average Bonchev–Trinajstić information content (AvgIpc) is 2.96. The second kappa shape index (κ2) is 6.20. The van der Waals surface area contributed by atoms with Gasteiger partial charge in [-0.1, -0.05) is 42.9 Å². The van der Waals surface area contributed by atoms with E-state index in [9.17, 15) is 0 Å². The summed E-state index contributed by atoms with van der Waals surface area (Å²) in [5.41, 5.74) is 1.14. The first-order chi connectivity index (χ1) is 9.33. The van der Waals surface area contributed by atoms with Gasteiger partial charge in [-0.05, 0) is 25.0 Å². The molecule has 3 rings (SSSR count). The lowest BCUT2D eigenvalue weighted by Gasteiger charge is -2.40. The molecule has 0 radical (unpaired) electrons. The van der Waals surface area contributed by atoms with E-state index in [1.807, 2.05) is 12.3 Å². The van der Waals surface area contributed by atoms with E-state index >= 15 is 0 Å². The quantitative estimate of drug-likeness (QED) is 0.795. The summed E-state index contributed by atoms with van der Waals surface area (Å²) in [4.78, 5) is 9.27. The van der Waals surface area contributed by atoms with E-state index in [-0.39, 0.29) is 0 Å². The largest absolute Gasteiger partial charge is 0.341 e. The molecular weight excluding hydrogens is 274 g/mol. The van der Waals surface area contributed by atoms with Gasteiger partial charge in [-0.2, -0.15) is 0 Å². The molecule has 5 heteroatoms. The average molecular weight is 293 g/mol. The van der Waals surface area contributed by atoms with Crippen molar-refractivity contribution in [2.24, 2.45) is 0 Å². The molecule has 2 heterocycles. The van der Waals surface area contributed by atoms with Crippen LogP contribution in [0.5, 0.6) is 0 Å². The molecule has 19 heavy (non-hydrogen) atoms. The molecule has 3 nitrogen and oxygen atoms in total. The van der Waals surface area contributed by atoms with E-state index in [1.165, 1.54) is 25.7 Å². The topological polar surface area (TPSA) is 19.4 Å². The summed E-state index contributed by atoms with van der Waals surface area (Å²) in [6.07, 6.45) is 7.19. The lowest BCUT2D eigenvalue weighted by Crippen LogP contribution is -2.48. The standard InChI is InChI=1S/C14H19N3S2/c18-14-17(13-6-1-2-7-13)10-16(11-19-14)9-12-5-3-4-8-15-12/h3-5,8,13H,1-2,6-7,9-11H2. The summed E-state index contributed by atoms with van der Waals surface area (Å²) in [5.74, 6) is 0.985. The number of hydrogen-bond donors (Lipinski definition) is 0. The molecule has 0 spiro atoms. The van der Waals surface area contributed by atoms with Crippen molar-refractivity contribution in [2.75, 3.05) is 12.5 Å². The molecule has 1 aliphatic carbocycles. The molecule has 0 aromatic carbocycles. The van der Waals surface area contributed by atoms with Gasteiger partial charge < -0.3 is 4.90 Å². The summed E-state index contributed by atoms with van der Waals surface area (Å²) in [7, 11) is 0. The monoisotopic (exact) mass is 293 g/mol. The highest BCUT2D eigenvalue weighted by atomic mass is 32.2. The van der Waals surface area contributed by atoms with Crippen LogP contribution in [-0.2, 0) is 6.54 Å². The third-order valence-electron chi connectivity index (χ3n) is 3.83. The van der Waals surface area contributed by atoms with Gasteiger partial charge in [-0.3, -0.25) is 9.88 Å². The van der Waals surface area contributed by atoms with Crippen molar-refractivity contribution in [2.45, 2.75) is 38.3 Å². The van der Waals surface area contributed by atoms with Crippen molar-refractivity contribution in [1.29, 1.82) is 0 Å². The molecule has 0 N–H and O–H groups in total. The molecule has 1 aromatic heterocycles. The van der Waals surface area contributed by atoms with Crippen molar-refractivity contribution in [3.05, 3.63) is 30.1 Å². The second-order valence-corrected chi connectivity index (χ2v) is 6.82. The number of pyridine rings is 1. The minimum absolute atomic E-state index is 0.673. The highest BCUT2D eigenvalue weighted by Gasteiger charge is 2.29. The van der Waals surface area contributed by atoms with Crippen LogP contribution in [0.3, 0.4) is 0 Å². The van der Waals surface area contributed by atoms with Crippen LogP contribution in [-0.4, -0.2) is 37.7 Å². The van der Waals surface area contributed by atoms with Gasteiger partial charge in [0.15, 0.2) is 0 Å². The Bertz CT molecular complexity index is 432. The van der Waals surface area contributed by atoms with E-state index in [0.29, 0.717) is 6.04 Å². The summed E-state index contributed by atoms with van der Waals surface area (Å²) < 4.78 is 1.09. The molecule has 0 bridgehead atoms. The Balaban J connectivity index is 1.63. The zero-order valence-electron chi connectivity index (χ0n) is 11.0. The third kappa shape index (κ3) is 3.27. The Kier molecular flexibility index (Phi) is 4.35. The van der Waals surface area contributed by atoms with Crippen molar-refractivity contribution < 1.29 is 0 Å². The molecule has 1 aliphatic heterocycles. The first kappa shape index (κ1) is 13.3. The van der Waals surface area contributed by atoms with Crippen LogP contribution in [0.15, 0.2) is 24.4 Å². The maximum Gasteiger partial charge on any atom is 0.138 e. The van der Waals surface area contributed by atoms with E-state index in [0.717, 1.165) is 29.1 Å². The number of aromatic nitrogens is 1.